The molecule has 1 atom stereocenters. The zero-order valence-corrected chi connectivity index (χ0v) is 10.9. The van der Waals surface area contributed by atoms with Crippen LogP contribution in [0.15, 0.2) is 0 Å². The molecule has 0 aromatic heterocycles. The highest BCUT2D eigenvalue weighted by Gasteiger charge is 2.41. The van der Waals surface area contributed by atoms with E-state index >= 15 is 0 Å². The third kappa shape index (κ3) is 2.63. The van der Waals surface area contributed by atoms with E-state index in [2.05, 4.69) is 0 Å². The van der Waals surface area contributed by atoms with Crippen molar-refractivity contribution in [2.75, 3.05) is 13.7 Å². The highest BCUT2D eigenvalue weighted by molar-refractivity contribution is 5.85. The minimum absolute atomic E-state index is 0.149. The van der Waals surface area contributed by atoms with E-state index in [1.54, 1.807) is 0 Å². The van der Waals surface area contributed by atoms with E-state index in [-0.39, 0.29) is 5.91 Å². The lowest BCUT2D eigenvalue weighted by atomic mass is 9.90. The molecule has 1 amide bonds. The normalized spacial score (nSPS) is 38.1. The standard InChI is InChI=1S/C13H24N2O2/c1-13(8-3-9-17-13)12(16)15(2)11-6-4-10(14)5-7-11/h10-11H,3-9,14H2,1-2H3. The van der Waals surface area contributed by atoms with Gasteiger partial charge in [-0.25, -0.2) is 0 Å². The van der Waals surface area contributed by atoms with Gasteiger partial charge in [-0.3, -0.25) is 4.79 Å². The molecule has 1 aliphatic heterocycles. The number of nitrogens with zero attached hydrogens (tertiary/aromatic N) is 1. The first-order chi connectivity index (χ1) is 8.03. The summed E-state index contributed by atoms with van der Waals surface area (Å²) in [4.78, 5) is 14.3. The van der Waals surface area contributed by atoms with E-state index in [1.165, 1.54) is 0 Å². The molecule has 4 nitrogen and oxygen atoms in total. The molecule has 2 aliphatic rings. The molecular weight excluding hydrogens is 216 g/mol. The van der Waals surface area contributed by atoms with Crippen LogP contribution in [-0.4, -0.2) is 42.1 Å². The predicted molar refractivity (Wildman–Crippen MR) is 66.6 cm³/mol. The molecule has 1 saturated heterocycles. The average molecular weight is 240 g/mol. The smallest absolute Gasteiger partial charge is 0.254 e. The number of hydrogen-bond donors (Lipinski definition) is 1. The van der Waals surface area contributed by atoms with Gasteiger partial charge in [0.1, 0.15) is 5.60 Å². The second kappa shape index (κ2) is 4.94. The van der Waals surface area contributed by atoms with Crippen molar-refractivity contribution in [3.05, 3.63) is 0 Å². The van der Waals surface area contributed by atoms with Gasteiger partial charge >= 0.3 is 0 Å². The highest BCUT2D eigenvalue weighted by Crippen LogP contribution is 2.30. The molecular formula is C13H24N2O2. The van der Waals surface area contributed by atoms with Crippen molar-refractivity contribution in [1.29, 1.82) is 0 Å². The summed E-state index contributed by atoms with van der Waals surface area (Å²) in [5, 5.41) is 0. The first kappa shape index (κ1) is 12.8. The minimum Gasteiger partial charge on any atom is -0.365 e. The number of amides is 1. The molecule has 2 rings (SSSR count). The topological polar surface area (TPSA) is 55.6 Å². The van der Waals surface area contributed by atoms with E-state index in [9.17, 15) is 4.79 Å². The Morgan fingerprint density at radius 1 is 1.35 bits per heavy atom. The van der Waals surface area contributed by atoms with Crippen LogP contribution in [0.2, 0.25) is 0 Å². The summed E-state index contributed by atoms with van der Waals surface area (Å²) in [6.07, 6.45) is 5.95. The summed E-state index contributed by atoms with van der Waals surface area (Å²) in [6, 6.07) is 0.677. The van der Waals surface area contributed by atoms with E-state index < -0.39 is 5.60 Å². The van der Waals surface area contributed by atoms with Crippen LogP contribution in [0.5, 0.6) is 0 Å². The number of nitrogens with two attached hydrogens (primary N) is 1. The summed E-state index contributed by atoms with van der Waals surface area (Å²) in [5.74, 6) is 0.149. The Hall–Kier alpha value is -0.610. The summed E-state index contributed by atoms with van der Waals surface area (Å²) < 4.78 is 5.62. The summed E-state index contributed by atoms with van der Waals surface area (Å²) in [6.45, 7) is 2.64. The monoisotopic (exact) mass is 240 g/mol. The molecule has 0 bridgehead atoms. The number of likely N-dealkylation sites (N-methyl/N-ethyl adjacent to an activating group) is 1. The van der Waals surface area contributed by atoms with E-state index in [1.807, 2.05) is 18.9 Å². The molecule has 0 aromatic carbocycles. The number of rotatable bonds is 2. The molecule has 0 radical (unpaired) electrons. The minimum atomic E-state index is -0.575. The van der Waals surface area contributed by atoms with Crippen LogP contribution in [0.1, 0.15) is 45.4 Å². The molecule has 17 heavy (non-hydrogen) atoms. The molecule has 2 fully saturated rings. The third-order valence-corrected chi connectivity index (χ3v) is 4.28. The summed E-state index contributed by atoms with van der Waals surface area (Å²) in [7, 11) is 1.91. The Balaban J connectivity index is 1.95. The van der Waals surface area contributed by atoms with Gasteiger partial charge < -0.3 is 15.4 Å². The van der Waals surface area contributed by atoms with E-state index in [0.29, 0.717) is 18.7 Å². The van der Waals surface area contributed by atoms with Crippen molar-refractivity contribution in [3.63, 3.8) is 0 Å². The van der Waals surface area contributed by atoms with Gasteiger partial charge in [0.15, 0.2) is 0 Å². The molecule has 1 saturated carbocycles. The summed E-state index contributed by atoms with van der Waals surface area (Å²) >= 11 is 0. The Morgan fingerprint density at radius 3 is 2.53 bits per heavy atom. The van der Waals surface area contributed by atoms with Gasteiger partial charge in [-0.1, -0.05) is 0 Å². The molecule has 4 heteroatoms. The average Bonchev–Trinajstić information content (AvgIpc) is 2.76. The number of hydrogen-bond acceptors (Lipinski definition) is 3. The first-order valence-electron chi connectivity index (χ1n) is 6.70. The number of carbonyl (C=O) groups is 1. The summed E-state index contributed by atoms with van der Waals surface area (Å²) in [5.41, 5.74) is 5.32. The Labute approximate surface area is 103 Å². The van der Waals surface area contributed by atoms with Crippen molar-refractivity contribution in [2.45, 2.75) is 63.1 Å². The Morgan fingerprint density at radius 2 is 2.00 bits per heavy atom. The van der Waals surface area contributed by atoms with Crippen molar-refractivity contribution >= 4 is 5.91 Å². The van der Waals surface area contributed by atoms with Crippen LogP contribution in [0.25, 0.3) is 0 Å². The number of ether oxygens (including phenoxy) is 1. The van der Waals surface area contributed by atoms with Crippen LogP contribution >= 0.6 is 0 Å². The first-order valence-corrected chi connectivity index (χ1v) is 6.70. The zero-order chi connectivity index (χ0) is 12.5. The van der Waals surface area contributed by atoms with Gasteiger partial charge in [0, 0.05) is 25.7 Å². The number of carbonyl (C=O) groups excluding carboxylic acids is 1. The SMILES string of the molecule is CN(C(=O)C1(C)CCCO1)C1CCC(N)CC1. The zero-order valence-electron chi connectivity index (χ0n) is 10.9. The molecule has 1 aliphatic carbocycles. The molecule has 0 aromatic rings. The lowest BCUT2D eigenvalue weighted by molar-refractivity contribution is -0.152. The van der Waals surface area contributed by atoms with Crippen molar-refractivity contribution in [2.24, 2.45) is 5.73 Å². The maximum atomic E-state index is 12.4. The second-order valence-electron chi connectivity index (χ2n) is 5.67. The van der Waals surface area contributed by atoms with E-state index in [0.717, 1.165) is 38.5 Å². The molecule has 1 heterocycles. The lowest BCUT2D eigenvalue weighted by Gasteiger charge is -2.37. The fourth-order valence-electron chi connectivity index (χ4n) is 2.98. The van der Waals surface area contributed by atoms with Gasteiger partial charge in [-0.05, 0) is 45.4 Å². The maximum absolute atomic E-state index is 12.4. The van der Waals surface area contributed by atoms with Crippen LogP contribution in [0, 0.1) is 0 Å². The predicted octanol–water partition coefficient (Wildman–Crippen LogP) is 1.28. The van der Waals surface area contributed by atoms with Crippen molar-refractivity contribution in [3.8, 4) is 0 Å². The van der Waals surface area contributed by atoms with Gasteiger partial charge in [-0.15, -0.1) is 0 Å². The van der Waals surface area contributed by atoms with Crippen LogP contribution in [0.3, 0.4) is 0 Å². The lowest BCUT2D eigenvalue weighted by Crippen LogP contribution is -2.50. The molecule has 0 spiro atoms. The van der Waals surface area contributed by atoms with Crippen molar-refractivity contribution < 1.29 is 9.53 Å². The molecule has 1 unspecified atom stereocenters. The fourth-order valence-corrected chi connectivity index (χ4v) is 2.98. The molecule has 2 N–H and O–H groups in total. The van der Waals surface area contributed by atoms with Crippen LogP contribution in [0.4, 0.5) is 0 Å². The van der Waals surface area contributed by atoms with Gasteiger partial charge in [0.25, 0.3) is 5.91 Å². The molecule has 98 valence electrons. The van der Waals surface area contributed by atoms with Gasteiger partial charge in [0.05, 0.1) is 0 Å². The largest absolute Gasteiger partial charge is 0.365 e. The highest BCUT2D eigenvalue weighted by atomic mass is 16.5. The maximum Gasteiger partial charge on any atom is 0.254 e. The van der Waals surface area contributed by atoms with Crippen molar-refractivity contribution in [1.82, 2.24) is 4.90 Å². The Kier molecular flexibility index (Phi) is 3.73. The fraction of sp³-hybridized carbons (Fsp3) is 0.923. The Bertz CT molecular complexity index is 279. The second-order valence-corrected chi connectivity index (χ2v) is 5.67. The van der Waals surface area contributed by atoms with Gasteiger partial charge in [0.2, 0.25) is 0 Å². The van der Waals surface area contributed by atoms with Crippen LogP contribution in [-0.2, 0) is 9.53 Å². The third-order valence-electron chi connectivity index (χ3n) is 4.28. The van der Waals surface area contributed by atoms with E-state index in [4.69, 9.17) is 10.5 Å². The quantitative estimate of drug-likeness (QED) is 0.791. The van der Waals surface area contributed by atoms with Crippen LogP contribution < -0.4 is 5.73 Å². The van der Waals surface area contributed by atoms with Gasteiger partial charge in [-0.2, -0.15) is 0 Å².